The van der Waals surface area contributed by atoms with E-state index in [9.17, 15) is 22.8 Å². The molecular formula is C9H13F3O8S. The van der Waals surface area contributed by atoms with Crippen LogP contribution in [-0.4, -0.2) is 46.3 Å². The summed E-state index contributed by atoms with van der Waals surface area (Å²) in [6.45, 7) is 0. The van der Waals surface area contributed by atoms with Gasteiger partial charge < -0.3 is 9.84 Å². The molecule has 0 aromatic rings. The molecule has 1 rings (SSSR count). The second-order valence-corrected chi connectivity index (χ2v) is 5.09. The molecule has 0 spiro atoms. The highest BCUT2D eigenvalue weighted by Crippen LogP contribution is 2.44. The van der Waals surface area contributed by atoms with Crippen molar-refractivity contribution in [2.24, 2.45) is 0 Å². The molecule has 21 heavy (non-hydrogen) atoms. The molecular weight excluding hydrogens is 325 g/mol. The van der Waals surface area contributed by atoms with E-state index >= 15 is 0 Å². The molecule has 124 valence electrons. The summed E-state index contributed by atoms with van der Waals surface area (Å²) >= 11 is 0. The van der Waals surface area contributed by atoms with E-state index in [-0.39, 0.29) is 25.7 Å². The van der Waals surface area contributed by atoms with Crippen LogP contribution in [0.15, 0.2) is 0 Å². The number of aliphatic carboxylic acids is 1. The highest BCUT2D eigenvalue weighted by molar-refractivity contribution is 7.79. The Bertz CT molecular complexity index is 470. The maximum Gasteiger partial charge on any atom is 0.428 e. The number of esters is 1. The lowest BCUT2D eigenvalue weighted by atomic mass is 9.84. The first kappa shape index (κ1) is 19.6. The number of hydrogen-bond donors (Lipinski definition) is 3. The molecule has 0 bridgehead atoms. The number of carbonyl (C=O) groups excluding carboxylic acids is 1. The van der Waals surface area contributed by atoms with Crippen LogP contribution < -0.4 is 0 Å². The number of ether oxygens (including phenoxy) is 1. The van der Waals surface area contributed by atoms with E-state index in [2.05, 4.69) is 4.74 Å². The number of rotatable bonds is 1. The Morgan fingerprint density at radius 2 is 1.43 bits per heavy atom. The number of halogens is 3. The number of carboxylic acids is 1. The van der Waals surface area contributed by atoms with Gasteiger partial charge in [-0.2, -0.15) is 21.6 Å². The zero-order chi connectivity index (χ0) is 16.9. The van der Waals surface area contributed by atoms with Gasteiger partial charge >= 0.3 is 28.5 Å². The van der Waals surface area contributed by atoms with E-state index in [0.717, 1.165) is 0 Å². The molecule has 1 aliphatic rings. The van der Waals surface area contributed by atoms with Crippen LogP contribution in [0, 0.1) is 0 Å². The minimum Gasteiger partial charge on any atom is -0.473 e. The van der Waals surface area contributed by atoms with Crippen molar-refractivity contribution in [1.29, 1.82) is 0 Å². The first-order valence-corrected chi connectivity index (χ1v) is 6.91. The van der Waals surface area contributed by atoms with Gasteiger partial charge in [0.25, 0.3) is 0 Å². The van der Waals surface area contributed by atoms with Crippen LogP contribution in [0.4, 0.5) is 13.2 Å². The third-order valence-corrected chi connectivity index (χ3v) is 2.64. The first-order chi connectivity index (χ1) is 9.28. The molecule has 0 amide bonds. The Morgan fingerprint density at radius 1 is 1.05 bits per heavy atom. The molecule has 0 aromatic heterocycles. The molecule has 1 fully saturated rings. The third-order valence-electron chi connectivity index (χ3n) is 2.64. The fourth-order valence-corrected chi connectivity index (χ4v) is 1.79. The molecule has 3 N–H and O–H groups in total. The lowest BCUT2D eigenvalue weighted by molar-refractivity contribution is -0.278. The molecule has 12 heteroatoms. The third kappa shape index (κ3) is 7.24. The summed E-state index contributed by atoms with van der Waals surface area (Å²) in [6.07, 6.45) is -4.29. The van der Waals surface area contributed by atoms with E-state index in [4.69, 9.17) is 22.6 Å². The lowest BCUT2D eigenvalue weighted by Gasteiger charge is -2.37. The molecule has 0 aromatic carbocycles. The van der Waals surface area contributed by atoms with Gasteiger partial charge in [0.2, 0.25) is 5.60 Å². The number of carbonyl (C=O) groups is 2. The summed E-state index contributed by atoms with van der Waals surface area (Å²) in [6, 6.07) is 0. The SMILES string of the molecule is O=C(O)C(=O)OC1(C(F)(F)F)CCCCC1.O=S(=O)(O)O. The van der Waals surface area contributed by atoms with Gasteiger partial charge in [-0.25, -0.2) is 9.59 Å². The fraction of sp³-hybridized carbons (Fsp3) is 0.778. The lowest BCUT2D eigenvalue weighted by Crippen LogP contribution is -2.51. The quantitative estimate of drug-likeness (QED) is 0.368. The van der Waals surface area contributed by atoms with E-state index in [0.29, 0.717) is 6.42 Å². The standard InChI is InChI=1S/C9H11F3O4.H2O4S/c10-9(11,12)8(4-2-1-3-5-8)16-7(15)6(13)14;1-5(2,3)4/h1-5H2,(H,13,14);(H2,1,2,3,4). The van der Waals surface area contributed by atoms with E-state index in [1.807, 2.05) is 0 Å². The molecule has 0 atom stereocenters. The predicted molar refractivity (Wildman–Crippen MR) is 59.8 cm³/mol. The summed E-state index contributed by atoms with van der Waals surface area (Å²) in [7, 11) is -4.67. The van der Waals surface area contributed by atoms with Crippen molar-refractivity contribution in [3.05, 3.63) is 0 Å². The van der Waals surface area contributed by atoms with Gasteiger partial charge in [-0.05, 0) is 25.7 Å². The smallest absolute Gasteiger partial charge is 0.428 e. The van der Waals surface area contributed by atoms with Crippen LogP contribution in [0.5, 0.6) is 0 Å². The monoisotopic (exact) mass is 338 g/mol. The summed E-state index contributed by atoms with van der Waals surface area (Å²) in [5.74, 6) is -3.85. The van der Waals surface area contributed by atoms with Gasteiger partial charge in [0.05, 0.1) is 0 Å². The maximum atomic E-state index is 12.8. The zero-order valence-electron chi connectivity index (χ0n) is 10.5. The molecule has 0 radical (unpaired) electrons. The topological polar surface area (TPSA) is 138 Å². The summed E-state index contributed by atoms with van der Waals surface area (Å²) in [4.78, 5) is 20.9. The average molecular weight is 338 g/mol. The van der Waals surface area contributed by atoms with Crippen LogP contribution in [0.1, 0.15) is 32.1 Å². The summed E-state index contributed by atoms with van der Waals surface area (Å²) in [5.41, 5.74) is -2.61. The van der Waals surface area contributed by atoms with E-state index in [1.165, 1.54) is 0 Å². The van der Waals surface area contributed by atoms with Crippen molar-refractivity contribution >= 4 is 22.3 Å². The molecule has 0 saturated heterocycles. The van der Waals surface area contributed by atoms with Gasteiger partial charge in [-0.1, -0.05) is 6.42 Å². The van der Waals surface area contributed by atoms with Gasteiger partial charge in [-0.3, -0.25) is 9.11 Å². The minimum atomic E-state index is -4.72. The molecule has 1 aliphatic carbocycles. The number of hydrogen-bond acceptors (Lipinski definition) is 5. The van der Waals surface area contributed by atoms with E-state index in [1.54, 1.807) is 0 Å². The van der Waals surface area contributed by atoms with Crippen LogP contribution in [0.25, 0.3) is 0 Å². The van der Waals surface area contributed by atoms with Crippen molar-refractivity contribution in [2.75, 3.05) is 0 Å². The maximum absolute atomic E-state index is 12.8. The molecule has 0 unspecified atom stereocenters. The summed E-state index contributed by atoms with van der Waals surface area (Å²) in [5, 5.41) is 8.25. The highest BCUT2D eigenvalue weighted by atomic mass is 32.3. The summed E-state index contributed by atoms with van der Waals surface area (Å²) < 4.78 is 74.0. The Balaban J connectivity index is 0.000000690. The average Bonchev–Trinajstić information content (AvgIpc) is 2.26. The number of carboxylic acid groups (broad SMARTS) is 1. The van der Waals surface area contributed by atoms with Gasteiger partial charge in [0.1, 0.15) is 0 Å². The normalized spacial score (nSPS) is 18.1. The van der Waals surface area contributed by atoms with Crippen molar-refractivity contribution in [3.8, 4) is 0 Å². The molecule has 0 aliphatic heterocycles. The number of alkyl halides is 3. The molecule has 0 heterocycles. The Morgan fingerprint density at radius 3 is 1.71 bits per heavy atom. The predicted octanol–water partition coefficient (Wildman–Crippen LogP) is 1.23. The minimum absolute atomic E-state index is 0.270. The second kappa shape index (κ2) is 7.04. The molecule has 8 nitrogen and oxygen atoms in total. The van der Waals surface area contributed by atoms with Crippen LogP contribution in [0.2, 0.25) is 0 Å². The van der Waals surface area contributed by atoms with Crippen LogP contribution in [0.3, 0.4) is 0 Å². The van der Waals surface area contributed by atoms with Crippen molar-refractivity contribution < 1.29 is 50.1 Å². The van der Waals surface area contributed by atoms with Crippen molar-refractivity contribution in [2.45, 2.75) is 43.9 Å². The van der Waals surface area contributed by atoms with Gasteiger partial charge in [-0.15, -0.1) is 0 Å². The van der Waals surface area contributed by atoms with Crippen LogP contribution in [-0.2, 0) is 24.7 Å². The fourth-order valence-electron chi connectivity index (χ4n) is 1.79. The Kier molecular flexibility index (Phi) is 6.57. The Hall–Kier alpha value is -1.40. The Labute approximate surface area is 117 Å². The van der Waals surface area contributed by atoms with Crippen LogP contribution >= 0.6 is 0 Å². The zero-order valence-corrected chi connectivity index (χ0v) is 11.3. The molecule has 1 saturated carbocycles. The van der Waals surface area contributed by atoms with Gasteiger partial charge in [0.15, 0.2) is 0 Å². The second-order valence-electron chi connectivity index (χ2n) is 4.20. The first-order valence-electron chi connectivity index (χ1n) is 5.51. The van der Waals surface area contributed by atoms with E-state index < -0.39 is 34.1 Å². The highest BCUT2D eigenvalue weighted by Gasteiger charge is 2.58. The van der Waals surface area contributed by atoms with Crippen molar-refractivity contribution in [3.63, 3.8) is 0 Å². The van der Waals surface area contributed by atoms with Crippen molar-refractivity contribution in [1.82, 2.24) is 0 Å². The largest absolute Gasteiger partial charge is 0.473 e. The van der Waals surface area contributed by atoms with Gasteiger partial charge in [0, 0.05) is 0 Å².